The zero-order chi connectivity index (χ0) is 21.6. The molecule has 0 bridgehead atoms. The van der Waals surface area contributed by atoms with E-state index in [0.717, 1.165) is 25.3 Å². The van der Waals surface area contributed by atoms with E-state index in [1.165, 1.54) is 17.5 Å². The van der Waals surface area contributed by atoms with Crippen LogP contribution in [0.25, 0.3) is 5.69 Å². The molecule has 0 amide bonds. The van der Waals surface area contributed by atoms with Crippen molar-refractivity contribution >= 4 is 17.8 Å². The van der Waals surface area contributed by atoms with E-state index in [1.807, 2.05) is 36.3 Å². The number of carbonyl (C=O) groups excluding carboxylic acids is 1. The van der Waals surface area contributed by atoms with Crippen LogP contribution in [0.5, 0.6) is 5.75 Å². The molecule has 2 aromatic rings. The van der Waals surface area contributed by atoms with Crippen LogP contribution in [-0.2, 0) is 9.53 Å². The van der Waals surface area contributed by atoms with E-state index in [0.29, 0.717) is 29.6 Å². The summed E-state index contributed by atoms with van der Waals surface area (Å²) in [7, 11) is 1.59. The van der Waals surface area contributed by atoms with Crippen LogP contribution in [0.1, 0.15) is 12.8 Å². The van der Waals surface area contributed by atoms with E-state index in [9.17, 15) is 4.79 Å². The zero-order valence-corrected chi connectivity index (χ0v) is 17.5. The molecule has 1 unspecified atom stereocenters. The van der Waals surface area contributed by atoms with Crippen molar-refractivity contribution in [1.82, 2.24) is 19.7 Å². The van der Waals surface area contributed by atoms with Crippen molar-refractivity contribution in [3.05, 3.63) is 53.8 Å². The summed E-state index contributed by atoms with van der Waals surface area (Å²) in [4.78, 5) is 18.2. The Morgan fingerprint density at radius 1 is 1.32 bits per heavy atom. The van der Waals surface area contributed by atoms with E-state index in [2.05, 4.69) is 20.3 Å². The van der Waals surface area contributed by atoms with Crippen LogP contribution >= 0.6 is 0 Å². The average molecular weight is 422 g/mol. The Morgan fingerprint density at radius 2 is 2.16 bits per heavy atom. The lowest BCUT2D eigenvalue weighted by molar-refractivity contribution is 0.179. The van der Waals surface area contributed by atoms with Crippen molar-refractivity contribution in [2.24, 2.45) is 0 Å². The number of nitrogen functional groups attached to an aromatic ring is 1. The average Bonchev–Trinajstić information content (AvgIpc) is 3.44. The number of allylic oxidation sites excluding steroid dienone is 1. The summed E-state index contributed by atoms with van der Waals surface area (Å²) in [5.41, 5.74) is 7.17. The van der Waals surface area contributed by atoms with Crippen molar-refractivity contribution < 1.29 is 14.3 Å². The third-order valence-electron chi connectivity index (χ3n) is 5.29. The quantitative estimate of drug-likeness (QED) is 0.622. The Kier molecular flexibility index (Phi) is 6.35. The van der Waals surface area contributed by atoms with Gasteiger partial charge in [0.15, 0.2) is 0 Å². The van der Waals surface area contributed by atoms with Crippen molar-refractivity contribution in [3.63, 3.8) is 0 Å². The summed E-state index contributed by atoms with van der Waals surface area (Å²) < 4.78 is 12.6. The molecule has 1 saturated heterocycles. The van der Waals surface area contributed by atoms with Crippen LogP contribution in [0.4, 0.5) is 11.9 Å². The first-order chi connectivity index (χ1) is 15.2. The highest BCUT2D eigenvalue weighted by atomic mass is 16.5. The monoisotopic (exact) mass is 422 g/mol. The maximum Gasteiger partial charge on any atom is 0.245 e. The molecule has 9 nitrogen and oxygen atoms in total. The van der Waals surface area contributed by atoms with Crippen LogP contribution in [0.2, 0.25) is 0 Å². The topological polar surface area (TPSA) is 108 Å². The number of hydrogen-bond acceptors (Lipinski definition) is 8. The largest absolute Gasteiger partial charge is 0.497 e. The predicted molar refractivity (Wildman–Crippen MR) is 118 cm³/mol. The maximum atomic E-state index is 11.5. The smallest absolute Gasteiger partial charge is 0.245 e. The van der Waals surface area contributed by atoms with Gasteiger partial charge in [-0.05, 0) is 50.2 Å². The van der Waals surface area contributed by atoms with Crippen LogP contribution in [0, 0.1) is 0 Å². The Balaban J connectivity index is 1.40. The molecule has 1 aliphatic carbocycles. The summed E-state index contributed by atoms with van der Waals surface area (Å²) in [5.74, 6) is 3.83. The molecule has 9 heteroatoms. The first-order valence-corrected chi connectivity index (χ1v) is 10.3. The van der Waals surface area contributed by atoms with Gasteiger partial charge in [-0.25, -0.2) is 4.79 Å². The van der Waals surface area contributed by atoms with Crippen LogP contribution in [0.3, 0.4) is 0 Å². The van der Waals surface area contributed by atoms with Crippen molar-refractivity contribution in [3.8, 4) is 11.4 Å². The molecule has 1 aromatic heterocycles. The second-order valence-corrected chi connectivity index (χ2v) is 7.39. The number of anilines is 2. The molecule has 2 aliphatic rings. The van der Waals surface area contributed by atoms with Gasteiger partial charge in [-0.1, -0.05) is 12.1 Å². The van der Waals surface area contributed by atoms with Crippen LogP contribution < -0.4 is 15.8 Å². The summed E-state index contributed by atoms with van der Waals surface area (Å²) in [6.45, 7) is 3.73. The van der Waals surface area contributed by atoms with E-state index in [4.69, 9.17) is 15.2 Å². The number of ether oxygens (including phenoxy) is 2. The molecule has 1 fully saturated rings. The number of nitrogens with two attached hydrogens (primary N) is 1. The van der Waals surface area contributed by atoms with Crippen LogP contribution in [-0.4, -0.2) is 65.0 Å². The molecule has 1 aliphatic heterocycles. The Morgan fingerprint density at radius 3 is 2.94 bits per heavy atom. The number of likely N-dealkylation sites (tertiary alicyclic amines) is 1. The minimum Gasteiger partial charge on any atom is -0.497 e. The summed E-state index contributed by atoms with van der Waals surface area (Å²) in [5, 5.41) is 7.52. The lowest BCUT2D eigenvalue weighted by atomic mass is 10.0. The number of nitrogens with zero attached hydrogens (tertiary/aromatic N) is 4. The summed E-state index contributed by atoms with van der Waals surface area (Å²) in [6.07, 6.45) is 7.86. The number of benzene rings is 1. The first kappa shape index (κ1) is 20.7. The second-order valence-electron chi connectivity index (χ2n) is 7.39. The number of nitrogens with one attached hydrogen (secondary N) is 1. The van der Waals surface area contributed by atoms with Gasteiger partial charge in [0, 0.05) is 12.6 Å². The highest BCUT2D eigenvalue weighted by molar-refractivity contribution is 5.65. The van der Waals surface area contributed by atoms with Crippen molar-refractivity contribution in [1.29, 1.82) is 0 Å². The molecule has 31 heavy (non-hydrogen) atoms. The highest BCUT2D eigenvalue weighted by Gasteiger charge is 2.20. The molecule has 2 heterocycles. The van der Waals surface area contributed by atoms with Gasteiger partial charge >= 0.3 is 0 Å². The van der Waals surface area contributed by atoms with E-state index < -0.39 is 6.04 Å². The molecular weight excluding hydrogens is 396 g/mol. The SMILES string of the molecule is COc1cccc(-n2nc(NC3C=CC(OCCN4CCCC4)=CC3=C=O)nc2N)c1. The number of aromatic nitrogens is 3. The molecule has 4 rings (SSSR count). The highest BCUT2D eigenvalue weighted by Crippen LogP contribution is 2.22. The molecule has 162 valence electrons. The van der Waals surface area contributed by atoms with Gasteiger partial charge in [-0.3, -0.25) is 4.90 Å². The Hall–Kier alpha value is -3.55. The van der Waals surface area contributed by atoms with E-state index in [-0.39, 0.29) is 5.95 Å². The fraction of sp³-hybridized carbons (Fsp3) is 0.364. The molecule has 3 N–H and O–H groups in total. The fourth-order valence-electron chi connectivity index (χ4n) is 3.65. The number of hydrogen-bond donors (Lipinski definition) is 2. The molecule has 1 aromatic carbocycles. The fourth-order valence-corrected chi connectivity index (χ4v) is 3.65. The lowest BCUT2D eigenvalue weighted by Gasteiger charge is -2.19. The predicted octanol–water partition coefficient (Wildman–Crippen LogP) is 1.96. The minimum atomic E-state index is -0.427. The van der Waals surface area contributed by atoms with Crippen molar-refractivity contribution in [2.75, 3.05) is 44.4 Å². The normalized spacial score (nSPS) is 18.5. The molecule has 0 spiro atoms. The van der Waals surface area contributed by atoms with E-state index in [1.54, 1.807) is 19.3 Å². The number of methoxy groups -OCH3 is 1. The summed E-state index contributed by atoms with van der Waals surface area (Å²) in [6, 6.07) is 6.91. The third kappa shape index (κ3) is 4.96. The molecular formula is C22H26N6O3. The van der Waals surface area contributed by atoms with Gasteiger partial charge < -0.3 is 20.5 Å². The summed E-state index contributed by atoms with van der Waals surface area (Å²) >= 11 is 0. The van der Waals surface area contributed by atoms with Gasteiger partial charge in [0.25, 0.3) is 0 Å². The first-order valence-electron chi connectivity index (χ1n) is 10.3. The third-order valence-corrected chi connectivity index (χ3v) is 5.29. The number of rotatable bonds is 8. The lowest BCUT2D eigenvalue weighted by Crippen LogP contribution is -2.25. The zero-order valence-electron chi connectivity index (χ0n) is 17.5. The van der Waals surface area contributed by atoms with Gasteiger partial charge in [-0.15, -0.1) is 5.10 Å². The van der Waals surface area contributed by atoms with Gasteiger partial charge in [0.1, 0.15) is 24.1 Å². The standard InChI is InChI=1S/C22H26N6O3/c1-30-18-6-4-5-17(14-18)28-21(23)25-22(26-28)24-20-8-7-19(13-16(20)15-29)31-12-11-27-9-2-3-10-27/h4-8,13-14,20H,2-3,9-12H2,1H3,(H3,23,24,25,26). The minimum absolute atomic E-state index is 0.216. The second kappa shape index (κ2) is 9.51. The Bertz CT molecular complexity index is 1030. The van der Waals surface area contributed by atoms with E-state index >= 15 is 0 Å². The van der Waals surface area contributed by atoms with Gasteiger partial charge in [-0.2, -0.15) is 9.67 Å². The van der Waals surface area contributed by atoms with Gasteiger partial charge in [0.2, 0.25) is 11.9 Å². The molecule has 0 saturated carbocycles. The Labute approximate surface area is 180 Å². The molecule has 1 atom stereocenters. The molecule has 0 radical (unpaired) electrons. The van der Waals surface area contributed by atoms with Gasteiger partial charge in [0.05, 0.1) is 24.4 Å². The van der Waals surface area contributed by atoms with Crippen LogP contribution in [0.15, 0.2) is 53.8 Å². The van der Waals surface area contributed by atoms with Crippen molar-refractivity contribution in [2.45, 2.75) is 18.9 Å². The maximum absolute atomic E-state index is 11.5.